The molecule has 1 aromatic carbocycles. The Hall–Kier alpha value is -1.95. The van der Waals surface area contributed by atoms with Gasteiger partial charge in [-0.25, -0.2) is 4.79 Å². The van der Waals surface area contributed by atoms with Crippen LogP contribution >= 0.6 is 12.2 Å². The highest BCUT2D eigenvalue weighted by molar-refractivity contribution is 7.80. The first-order chi connectivity index (χ1) is 10.1. The van der Waals surface area contributed by atoms with Crippen LogP contribution in [0.15, 0.2) is 24.3 Å². The van der Waals surface area contributed by atoms with Crippen molar-refractivity contribution in [1.29, 1.82) is 0 Å². The fraction of sp³-hybridized carbons (Fsp3) is 0.400. The number of hydrogen-bond acceptors (Lipinski definition) is 3. The van der Waals surface area contributed by atoms with Crippen LogP contribution in [-0.2, 0) is 4.79 Å². The number of nitrogens with one attached hydrogen (secondary N) is 2. The number of thiocarbonyl (C=S) groups is 1. The highest BCUT2D eigenvalue weighted by Gasteiger charge is 2.22. The Morgan fingerprint density at radius 3 is 2.48 bits per heavy atom. The first-order valence-corrected chi connectivity index (χ1v) is 7.43. The zero-order chi connectivity index (χ0) is 15.2. The monoisotopic (exact) mass is 306 g/mol. The number of carboxylic acids is 1. The summed E-state index contributed by atoms with van der Waals surface area (Å²) < 4.78 is 0. The summed E-state index contributed by atoms with van der Waals surface area (Å²) in [6, 6.07) is 6.44. The number of carbonyl (C=O) groups is 2. The van der Waals surface area contributed by atoms with Crippen LogP contribution in [0.3, 0.4) is 0 Å². The van der Waals surface area contributed by atoms with E-state index in [9.17, 15) is 9.59 Å². The summed E-state index contributed by atoms with van der Waals surface area (Å²) in [5.74, 6) is -1.12. The smallest absolute Gasteiger partial charge is 0.337 e. The summed E-state index contributed by atoms with van der Waals surface area (Å²) in [6.07, 6.45) is 5.10. The molecule has 1 aliphatic carbocycles. The zero-order valence-corrected chi connectivity index (χ0v) is 12.4. The minimum atomic E-state index is -1.04. The van der Waals surface area contributed by atoms with Crippen LogP contribution in [0, 0.1) is 5.92 Å². The van der Waals surface area contributed by atoms with Crippen molar-refractivity contribution in [3.05, 3.63) is 29.8 Å². The van der Waals surface area contributed by atoms with Gasteiger partial charge in [-0.15, -0.1) is 0 Å². The Morgan fingerprint density at radius 1 is 1.14 bits per heavy atom. The molecule has 2 rings (SSSR count). The number of para-hydroxylation sites is 1. The molecule has 6 heteroatoms. The molecule has 1 aromatic rings. The lowest BCUT2D eigenvalue weighted by Gasteiger charge is -2.21. The zero-order valence-electron chi connectivity index (χ0n) is 11.6. The second-order valence-corrected chi connectivity index (χ2v) is 5.54. The second-order valence-electron chi connectivity index (χ2n) is 5.13. The Kier molecular flexibility index (Phi) is 5.27. The molecule has 0 radical (unpaired) electrons. The lowest BCUT2D eigenvalue weighted by Crippen LogP contribution is -2.39. The van der Waals surface area contributed by atoms with Crippen LogP contribution in [0.2, 0.25) is 0 Å². The molecule has 21 heavy (non-hydrogen) atoms. The molecule has 0 spiro atoms. The average Bonchev–Trinajstić information content (AvgIpc) is 2.48. The molecule has 0 aliphatic heterocycles. The summed E-state index contributed by atoms with van der Waals surface area (Å²) >= 11 is 5.09. The summed E-state index contributed by atoms with van der Waals surface area (Å²) in [4.78, 5) is 23.2. The molecule has 1 fully saturated rings. The van der Waals surface area contributed by atoms with Gasteiger partial charge < -0.3 is 15.7 Å². The third-order valence-electron chi connectivity index (χ3n) is 3.62. The fourth-order valence-electron chi connectivity index (χ4n) is 2.51. The van der Waals surface area contributed by atoms with Crippen molar-refractivity contribution in [2.75, 3.05) is 5.32 Å². The minimum Gasteiger partial charge on any atom is -0.478 e. The second kappa shape index (κ2) is 7.17. The van der Waals surface area contributed by atoms with E-state index in [1.807, 2.05) is 0 Å². The van der Waals surface area contributed by atoms with Crippen molar-refractivity contribution in [3.8, 4) is 0 Å². The summed E-state index contributed by atoms with van der Waals surface area (Å²) in [6.45, 7) is 0. The number of carboxylic acid groups (broad SMARTS) is 1. The van der Waals surface area contributed by atoms with E-state index in [-0.39, 0.29) is 22.5 Å². The molecule has 1 aliphatic rings. The van der Waals surface area contributed by atoms with Crippen molar-refractivity contribution >= 4 is 34.9 Å². The van der Waals surface area contributed by atoms with E-state index in [2.05, 4.69) is 10.6 Å². The maximum absolute atomic E-state index is 12.1. The lowest BCUT2D eigenvalue weighted by atomic mass is 9.89. The predicted octanol–water partition coefficient (Wildman–Crippen LogP) is 2.78. The molecular formula is C15H18N2O3S. The summed E-state index contributed by atoms with van der Waals surface area (Å²) in [7, 11) is 0. The molecule has 5 nitrogen and oxygen atoms in total. The molecule has 0 bridgehead atoms. The van der Waals surface area contributed by atoms with Crippen molar-refractivity contribution < 1.29 is 14.7 Å². The van der Waals surface area contributed by atoms with E-state index in [1.54, 1.807) is 18.2 Å². The largest absolute Gasteiger partial charge is 0.478 e. The fourth-order valence-corrected chi connectivity index (χ4v) is 2.72. The van der Waals surface area contributed by atoms with E-state index in [0.717, 1.165) is 25.7 Å². The number of carbonyl (C=O) groups excluding carboxylic acids is 1. The standard InChI is InChI=1S/C15H18N2O3S/c18-13(10-6-2-1-3-7-10)17-15(21)16-12-9-5-4-8-11(12)14(19)20/h4-5,8-10H,1-3,6-7H2,(H,19,20)(H2,16,17,18,21). The van der Waals surface area contributed by atoms with Crippen molar-refractivity contribution in [3.63, 3.8) is 0 Å². The van der Waals surface area contributed by atoms with Gasteiger partial charge >= 0.3 is 5.97 Å². The normalized spacial score (nSPS) is 15.2. The molecule has 0 aromatic heterocycles. The SMILES string of the molecule is O=C(O)c1ccccc1NC(=S)NC(=O)C1CCCCC1. The molecular weight excluding hydrogens is 288 g/mol. The molecule has 0 atom stereocenters. The quantitative estimate of drug-likeness (QED) is 0.748. The Labute approximate surface area is 128 Å². The van der Waals surface area contributed by atoms with Crippen molar-refractivity contribution in [2.24, 2.45) is 5.92 Å². The summed E-state index contributed by atoms with van der Waals surface area (Å²) in [5.41, 5.74) is 0.491. The molecule has 0 saturated heterocycles. The Bertz CT molecular complexity index is 554. The number of amides is 1. The Balaban J connectivity index is 1.95. The topological polar surface area (TPSA) is 78.4 Å². The molecule has 112 valence electrons. The molecule has 0 heterocycles. The van der Waals surface area contributed by atoms with Crippen LogP contribution in [-0.4, -0.2) is 22.1 Å². The van der Waals surface area contributed by atoms with Crippen LogP contribution < -0.4 is 10.6 Å². The number of benzene rings is 1. The van der Waals surface area contributed by atoms with Gasteiger partial charge in [-0.2, -0.15) is 0 Å². The molecule has 3 N–H and O–H groups in total. The van der Waals surface area contributed by atoms with Crippen molar-refractivity contribution in [2.45, 2.75) is 32.1 Å². The van der Waals surface area contributed by atoms with E-state index >= 15 is 0 Å². The maximum Gasteiger partial charge on any atom is 0.337 e. The third kappa shape index (κ3) is 4.26. The first kappa shape index (κ1) is 15.4. The number of anilines is 1. The predicted molar refractivity (Wildman–Crippen MR) is 84.3 cm³/mol. The number of hydrogen-bond donors (Lipinski definition) is 3. The minimum absolute atomic E-state index is 0.00761. The van der Waals surface area contributed by atoms with Crippen molar-refractivity contribution in [1.82, 2.24) is 5.32 Å². The van der Waals surface area contributed by atoms with Gasteiger partial charge in [-0.05, 0) is 37.2 Å². The van der Waals surface area contributed by atoms with Crippen LogP contribution in [0.1, 0.15) is 42.5 Å². The summed E-state index contributed by atoms with van der Waals surface area (Å²) in [5, 5.41) is 14.7. The van der Waals surface area contributed by atoms with E-state index in [1.165, 1.54) is 12.5 Å². The van der Waals surface area contributed by atoms with Gasteiger partial charge in [0.05, 0.1) is 11.3 Å². The number of aromatic carboxylic acids is 1. The van der Waals surface area contributed by atoms with E-state index in [4.69, 9.17) is 17.3 Å². The molecule has 1 amide bonds. The highest BCUT2D eigenvalue weighted by atomic mass is 32.1. The van der Waals surface area contributed by atoms with Crippen LogP contribution in [0.5, 0.6) is 0 Å². The highest BCUT2D eigenvalue weighted by Crippen LogP contribution is 2.23. The Morgan fingerprint density at radius 2 is 1.81 bits per heavy atom. The molecule has 1 saturated carbocycles. The van der Waals surface area contributed by atoms with Gasteiger partial charge in [0, 0.05) is 5.92 Å². The lowest BCUT2D eigenvalue weighted by molar-refractivity contribution is -0.124. The molecule has 0 unspecified atom stereocenters. The van der Waals surface area contributed by atoms with Gasteiger partial charge in [0.25, 0.3) is 0 Å². The van der Waals surface area contributed by atoms with Gasteiger partial charge in [-0.3, -0.25) is 4.79 Å². The van der Waals surface area contributed by atoms with Crippen LogP contribution in [0.25, 0.3) is 0 Å². The van der Waals surface area contributed by atoms with E-state index in [0.29, 0.717) is 5.69 Å². The van der Waals surface area contributed by atoms with Gasteiger partial charge in [0.2, 0.25) is 5.91 Å². The van der Waals surface area contributed by atoms with E-state index < -0.39 is 5.97 Å². The third-order valence-corrected chi connectivity index (χ3v) is 3.82. The first-order valence-electron chi connectivity index (χ1n) is 7.02. The maximum atomic E-state index is 12.1. The number of rotatable bonds is 3. The van der Waals surface area contributed by atoms with Crippen LogP contribution in [0.4, 0.5) is 5.69 Å². The van der Waals surface area contributed by atoms with Gasteiger partial charge in [-0.1, -0.05) is 31.4 Å². The average molecular weight is 306 g/mol. The van der Waals surface area contributed by atoms with Gasteiger partial charge in [0.1, 0.15) is 0 Å². The van der Waals surface area contributed by atoms with Gasteiger partial charge in [0.15, 0.2) is 5.11 Å².